The zero-order valence-corrected chi connectivity index (χ0v) is 13.2. The highest BCUT2D eigenvalue weighted by Crippen LogP contribution is 2.22. The third-order valence-corrected chi connectivity index (χ3v) is 4.38. The van der Waals surface area contributed by atoms with Crippen molar-refractivity contribution in [3.8, 4) is 0 Å². The van der Waals surface area contributed by atoms with E-state index in [9.17, 15) is 14.0 Å². The van der Waals surface area contributed by atoms with Gasteiger partial charge in [-0.15, -0.1) is 10.2 Å². The van der Waals surface area contributed by atoms with Crippen LogP contribution in [0.3, 0.4) is 0 Å². The molecule has 3 rings (SSSR count). The lowest BCUT2D eigenvalue weighted by Crippen LogP contribution is -2.22. The first-order chi connectivity index (χ1) is 11.0. The number of carbonyl (C=O) groups is 1. The Bertz CT molecular complexity index is 948. The molecule has 6 nitrogen and oxygen atoms in total. The van der Waals surface area contributed by atoms with E-state index in [-0.39, 0.29) is 16.9 Å². The first kappa shape index (κ1) is 15.3. The number of carbonyl (C=O) groups excluding carboxylic acids is 1. The SMILES string of the molecule is CC(C)c1nnc(NC(=O)c2c[nH]c3ccc(F)cc3c2=O)s1. The van der Waals surface area contributed by atoms with E-state index >= 15 is 0 Å². The Morgan fingerprint density at radius 3 is 2.83 bits per heavy atom. The van der Waals surface area contributed by atoms with Crippen molar-refractivity contribution < 1.29 is 9.18 Å². The molecule has 0 radical (unpaired) electrons. The molecule has 0 saturated carbocycles. The first-order valence-corrected chi connectivity index (χ1v) is 7.73. The van der Waals surface area contributed by atoms with E-state index in [1.807, 2.05) is 13.8 Å². The third-order valence-electron chi connectivity index (χ3n) is 3.24. The lowest BCUT2D eigenvalue weighted by molar-refractivity contribution is 0.102. The Morgan fingerprint density at radius 2 is 2.13 bits per heavy atom. The first-order valence-electron chi connectivity index (χ1n) is 6.91. The van der Waals surface area contributed by atoms with Gasteiger partial charge in [0.25, 0.3) is 5.91 Å². The largest absolute Gasteiger partial charge is 0.360 e. The summed E-state index contributed by atoms with van der Waals surface area (Å²) >= 11 is 1.25. The van der Waals surface area contributed by atoms with Gasteiger partial charge in [0.2, 0.25) is 10.6 Å². The van der Waals surface area contributed by atoms with Crippen molar-refractivity contribution in [3.05, 3.63) is 51.0 Å². The number of amides is 1. The van der Waals surface area contributed by atoms with Crippen molar-refractivity contribution in [2.45, 2.75) is 19.8 Å². The number of hydrogen-bond donors (Lipinski definition) is 2. The monoisotopic (exact) mass is 332 g/mol. The quantitative estimate of drug-likeness (QED) is 0.772. The molecule has 0 bridgehead atoms. The highest BCUT2D eigenvalue weighted by Gasteiger charge is 2.16. The molecule has 1 amide bonds. The number of halogens is 1. The number of nitrogens with zero attached hydrogens (tertiary/aromatic N) is 2. The standard InChI is InChI=1S/C15H13FN4O2S/c1-7(2)14-19-20-15(23-14)18-13(22)10-6-17-11-4-3-8(16)5-9(11)12(10)21/h3-7H,1-2H3,(H,17,21)(H,18,20,22). The van der Waals surface area contributed by atoms with Gasteiger partial charge in [-0.05, 0) is 18.2 Å². The molecule has 0 fully saturated rings. The van der Waals surface area contributed by atoms with Crippen LogP contribution in [-0.2, 0) is 0 Å². The van der Waals surface area contributed by atoms with Gasteiger partial charge in [0.05, 0.1) is 0 Å². The van der Waals surface area contributed by atoms with Gasteiger partial charge >= 0.3 is 0 Å². The summed E-state index contributed by atoms with van der Waals surface area (Å²) in [5.41, 5.74) is -0.181. The maximum Gasteiger partial charge on any atom is 0.262 e. The molecule has 2 N–H and O–H groups in total. The average molecular weight is 332 g/mol. The van der Waals surface area contributed by atoms with Gasteiger partial charge < -0.3 is 4.98 Å². The number of aromatic amines is 1. The molecule has 0 atom stereocenters. The minimum atomic E-state index is -0.608. The fourth-order valence-electron chi connectivity index (χ4n) is 2.04. The van der Waals surface area contributed by atoms with E-state index in [1.165, 1.54) is 29.7 Å². The van der Waals surface area contributed by atoms with Crippen LogP contribution in [0.15, 0.2) is 29.2 Å². The molecule has 1 aromatic carbocycles. The Labute approximate surface area is 134 Å². The van der Waals surface area contributed by atoms with Crippen molar-refractivity contribution in [2.75, 3.05) is 5.32 Å². The zero-order valence-electron chi connectivity index (χ0n) is 12.4. The molecule has 118 valence electrons. The summed E-state index contributed by atoms with van der Waals surface area (Å²) in [6.07, 6.45) is 1.31. The van der Waals surface area contributed by atoms with Crippen LogP contribution in [0.2, 0.25) is 0 Å². The van der Waals surface area contributed by atoms with Crippen molar-refractivity contribution in [1.29, 1.82) is 0 Å². The fourth-order valence-corrected chi connectivity index (χ4v) is 2.78. The highest BCUT2D eigenvalue weighted by molar-refractivity contribution is 7.15. The van der Waals surface area contributed by atoms with E-state index in [4.69, 9.17) is 0 Å². The van der Waals surface area contributed by atoms with E-state index in [1.54, 1.807) is 0 Å². The summed E-state index contributed by atoms with van der Waals surface area (Å²) in [6.45, 7) is 3.93. The molecule has 8 heteroatoms. The Kier molecular flexibility index (Phi) is 3.91. The van der Waals surface area contributed by atoms with Gasteiger partial charge in [-0.1, -0.05) is 25.2 Å². The second-order valence-electron chi connectivity index (χ2n) is 5.28. The second kappa shape index (κ2) is 5.88. The van der Waals surface area contributed by atoms with Crippen LogP contribution in [0.5, 0.6) is 0 Å². The molecular formula is C15H13FN4O2S. The summed E-state index contributed by atoms with van der Waals surface area (Å²) in [5, 5.41) is 11.6. The molecular weight excluding hydrogens is 319 g/mol. The van der Waals surface area contributed by atoms with Crippen LogP contribution in [0.25, 0.3) is 10.9 Å². The van der Waals surface area contributed by atoms with Gasteiger partial charge in [0.1, 0.15) is 16.4 Å². The molecule has 0 unspecified atom stereocenters. The topological polar surface area (TPSA) is 87.7 Å². The number of anilines is 1. The maximum absolute atomic E-state index is 13.3. The van der Waals surface area contributed by atoms with E-state index in [0.29, 0.717) is 10.6 Å². The van der Waals surface area contributed by atoms with Crippen molar-refractivity contribution in [2.24, 2.45) is 0 Å². The number of aromatic nitrogens is 3. The van der Waals surface area contributed by atoms with Crippen LogP contribution in [0.4, 0.5) is 9.52 Å². The summed E-state index contributed by atoms with van der Waals surface area (Å²) < 4.78 is 13.3. The Balaban J connectivity index is 1.94. The summed E-state index contributed by atoms with van der Waals surface area (Å²) in [7, 11) is 0. The summed E-state index contributed by atoms with van der Waals surface area (Å²) in [5.74, 6) is -0.944. The predicted molar refractivity (Wildman–Crippen MR) is 86.5 cm³/mol. The zero-order chi connectivity index (χ0) is 16.6. The molecule has 3 aromatic rings. The van der Waals surface area contributed by atoms with Gasteiger partial charge in [0.15, 0.2) is 0 Å². The Morgan fingerprint density at radius 1 is 1.35 bits per heavy atom. The van der Waals surface area contributed by atoms with E-state index < -0.39 is 17.2 Å². The minimum Gasteiger partial charge on any atom is -0.360 e. The minimum absolute atomic E-state index is 0.107. The van der Waals surface area contributed by atoms with Crippen molar-refractivity contribution >= 4 is 33.3 Å². The molecule has 23 heavy (non-hydrogen) atoms. The number of fused-ring (bicyclic) bond motifs is 1. The average Bonchev–Trinajstić information content (AvgIpc) is 2.97. The Hall–Kier alpha value is -2.61. The lowest BCUT2D eigenvalue weighted by atomic mass is 10.1. The smallest absolute Gasteiger partial charge is 0.262 e. The second-order valence-corrected chi connectivity index (χ2v) is 6.28. The molecule has 2 heterocycles. The number of hydrogen-bond acceptors (Lipinski definition) is 5. The fraction of sp³-hybridized carbons (Fsp3) is 0.200. The van der Waals surface area contributed by atoms with Crippen LogP contribution >= 0.6 is 11.3 Å². The van der Waals surface area contributed by atoms with Crippen molar-refractivity contribution in [3.63, 3.8) is 0 Å². The maximum atomic E-state index is 13.3. The number of benzene rings is 1. The molecule has 2 aromatic heterocycles. The van der Waals surface area contributed by atoms with Gasteiger partial charge in [0, 0.05) is 23.0 Å². The van der Waals surface area contributed by atoms with E-state index in [2.05, 4.69) is 20.5 Å². The van der Waals surface area contributed by atoms with Crippen LogP contribution < -0.4 is 10.7 Å². The van der Waals surface area contributed by atoms with Crippen LogP contribution in [0.1, 0.15) is 35.1 Å². The molecule has 0 aliphatic carbocycles. The molecule has 0 aliphatic heterocycles. The molecule has 0 saturated heterocycles. The normalized spacial score (nSPS) is 11.1. The predicted octanol–water partition coefficient (Wildman–Crippen LogP) is 2.89. The molecule has 0 aliphatic rings. The summed E-state index contributed by atoms with van der Waals surface area (Å²) in [6, 6.07) is 3.80. The van der Waals surface area contributed by atoms with Gasteiger partial charge in [-0.3, -0.25) is 14.9 Å². The number of nitrogens with one attached hydrogen (secondary N) is 2. The van der Waals surface area contributed by atoms with Crippen LogP contribution in [-0.4, -0.2) is 21.1 Å². The molecule has 0 spiro atoms. The third kappa shape index (κ3) is 2.98. The van der Waals surface area contributed by atoms with Crippen molar-refractivity contribution in [1.82, 2.24) is 15.2 Å². The lowest BCUT2D eigenvalue weighted by Gasteiger charge is -2.03. The van der Waals surface area contributed by atoms with Crippen LogP contribution in [0, 0.1) is 5.82 Å². The summed E-state index contributed by atoms with van der Waals surface area (Å²) in [4.78, 5) is 27.4. The number of pyridine rings is 1. The number of H-pyrrole nitrogens is 1. The van der Waals surface area contributed by atoms with Gasteiger partial charge in [-0.25, -0.2) is 4.39 Å². The van der Waals surface area contributed by atoms with E-state index in [0.717, 1.165) is 11.1 Å². The number of rotatable bonds is 3. The van der Waals surface area contributed by atoms with Gasteiger partial charge in [-0.2, -0.15) is 0 Å². The highest BCUT2D eigenvalue weighted by atomic mass is 32.1.